The van der Waals surface area contributed by atoms with E-state index in [9.17, 15) is 0 Å². The van der Waals surface area contributed by atoms with E-state index in [1.54, 1.807) is 0 Å². The number of benzene rings is 1. The van der Waals surface area contributed by atoms with Gasteiger partial charge in [0, 0.05) is 18.6 Å². The van der Waals surface area contributed by atoms with Crippen molar-refractivity contribution in [2.75, 3.05) is 26.2 Å². The Morgan fingerprint density at radius 3 is 2.50 bits per heavy atom. The molecule has 1 aromatic rings. The number of nitrogens with zero attached hydrogens (tertiary/aromatic N) is 2. The summed E-state index contributed by atoms with van der Waals surface area (Å²) in [7, 11) is 0. The first-order valence-electron chi connectivity index (χ1n) is 9.61. The number of halogens is 2. The highest BCUT2D eigenvalue weighted by atomic mass is 35.5. The lowest BCUT2D eigenvalue weighted by molar-refractivity contribution is 0.0641. The molecular formula is C20H30Cl2N2. The van der Waals surface area contributed by atoms with E-state index < -0.39 is 0 Å². The van der Waals surface area contributed by atoms with E-state index in [-0.39, 0.29) is 0 Å². The fraction of sp³-hybridized carbons (Fsp3) is 0.700. The SMILES string of the molecule is CCN(CCc1ccc(Cl)c(Cl)c1)C1CCCC[C@H]1N1CCCC1. The molecule has 3 rings (SSSR count). The summed E-state index contributed by atoms with van der Waals surface area (Å²) in [6, 6.07) is 7.56. The fourth-order valence-electron chi connectivity index (χ4n) is 4.54. The molecule has 0 aromatic heterocycles. The van der Waals surface area contributed by atoms with Gasteiger partial charge >= 0.3 is 0 Å². The first-order chi connectivity index (χ1) is 11.7. The maximum absolute atomic E-state index is 6.17. The zero-order valence-corrected chi connectivity index (χ0v) is 16.3. The summed E-state index contributed by atoms with van der Waals surface area (Å²) in [5.74, 6) is 0. The normalized spacial score (nSPS) is 25.5. The Morgan fingerprint density at radius 2 is 1.79 bits per heavy atom. The Balaban J connectivity index is 1.63. The van der Waals surface area contributed by atoms with Crippen molar-refractivity contribution in [3.63, 3.8) is 0 Å². The first kappa shape index (κ1) is 18.5. The van der Waals surface area contributed by atoms with Crippen LogP contribution in [-0.2, 0) is 6.42 Å². The number of hydrogen-bond acceptors (Lipinski definition) is 2. The fourth-order valence-corrected chi connectivity index (χ4v) is 4.86. The molecule has 24 heavy (non-hydrogen) atoms. The number of hydrogen-bond donors (Lipinski definition) is 0. The van der Waals surface area contributed by atoms with E-state index in [2.05, 4.69) is 22.8 Å². The van der Waals surface area contributed by atoms with Crippen molar-refractivity contribution < 1.29 is 0 Å². The zero-order chi connectivity index (χ0) is 16.9. The Labute approximate surface area is 157 Å². The van der Waals surface area contributed by atoms with Crippen LogP contribution in [0.15, 0.2) is 18.2 Å². The van der Waals surface area contributed by atoms with Crippen LogP contribution in [0.3, 0.4) is 0 Å². The molecule has 2 atom stereocenters. The van der Waals surface area contributed by atoms with E-state index >= 15 is 0 Å². The van der Waals surface area contributed by atoms with Crippen LogP contribution in [0.2, 0.25) is 10.0 Å². The Morgan fingerprint density at radius 1 is 1.04 bits per heavy atom. The summed E-state index contributed by atoms with van der Waals surface area (Å²) >= 11 is 12.2. The van der Waals surface area contributed by atoms with Crippen LogP contribution in [0.1, 0.15) is 51.0 Å². The van der Waals surface area contributed by atoms with Crippen LogP contribution < -0.4 is 0 Å². The summed E-state index contributed by atoms with van der Waals surface area (Å²) < 4.78 is 0. The summed E-state index contributed by atoms with van der Waals surface area (Å²) in [6.45, 7) is 7.18. The second-order valence-corrected chi connectivity index (χ2v) is 8.10. The minimum absolute atomic E-state index is 0.647. The minimum Gasteiger partial charge on any atom is -0.299 e. The molecule has 1 aromatic carbocycles. The standard InChI is InChI=1S/C20H30Cl2N2/c1-2-23(14-11-16-9-10-17(21)18(22)15-16)19-7-3-4-8-20(19)24-12-5-6-13-24/h9-10,15,19-20H,2-8,11-14H2,1H3/t19?,20-/m1/s1. The second-order valence-electron chi connectivity index (χ2n) is 7.29. The molecule has 1 heterocycles. The van der Waals surface area contributed by atoms with Crippen molar-refractivity contribution >= 4 is 23.2 Å². The van der Waals surface area contributed by atoms with Crippen molar-refractivity contribution in [1.82, 2.24) is 9.80 Å². The lowest BCUT2D eigenvalue weighted by Crippen LogP contribution is -2.53. The van der Waals surface area contributed by atoms with E-state index in [0.29, 0.717) is 10.0 Å². The average molecular weight is 369 g/mol. The molecule has 2 nitrogen and oxygen atoms in total. The van der Waals surface area contributed by atoms with Crippen LogP contribution >= 0.6 is 23.2 Å². The molecule has 1 saturated carbocycles. The quantitative estimate of drug-likeness (QED) is 0.674. The molecule has 0 spiro atoms. The van der Waals surface area contributed by atoms with Crippen LogP contribution in [0.4, 0.5) is 0 Å². The van der Waals surface area contributed by atoms with Crippen LogP contribution in [0.25, 0.3) is 0 Å². The lowest BCUT2D eigenvalue weighted by atomic mass is 9.88. The molecule has 0 bridgehead atoms. The highest BCUT2D eigenvalue weighted by molar-refractivity contribution is 6.42. The number of likely N-dealkylation sites (N-methyl/N-ethyl adjacent to an activating group) is 1. The molecule has 1 saturated heterocycles. The molecule has 4 heteroatoms. The number of rotatable bonds is 6. The zero-order valence-electron chi connectivity index (χ0n) is 14.8. The highest BCUT2D eigenvalue weighted by Crippen LogP contribution is 2.30. The average Bonchev–Trinajstić information content (AvgIpc) is 3.13. The molecule has 134 valence electrons. The largest absolute Gasteiger partial charge is 0.299 e. The smallest absolute Gasteiger partial charge is 0.0595 e. The third kappa shape index (κ3) is 4.46. The van der Waals surface area contributed by atoms with Gasteiger partial charge in [-0.25, -0.2) is 0 Å². The maximum atomic E-state index is 6.17. The van der Waals surface area contributed by atoms with Crippen LogP contribution in [-0.4, -0.2) is 48.1 Å². The molecule has 0 N–H and O–H groups in total. The van der Waals surface area contributed by atoms with Gasteiger partial charge in [-0.1, -0.05) is 49.0 Å². The molecule has 2 fully saturated rings. The molecule has 0 amide bonds. The van der Waals surface area contributed by atoms with Gasteiger partial charge in [0.25, 0.3) is 0 Å². The Hall–Kier alpha value is -0.280. The van der Waals surface area contributed by atoms with Gasteiger partial charge < -0.3 is 0 Å². The Kier molecular flexibility index (Phi) is 6.86. The van der Waals surface area contributed by atoms with Crippen molar-refractivity contribution in [1.29, 1.82) is 0 Å². The van der Waals surface area contributed by atoms with Gasteiger partial charge in [-0.2, -0.15) is 0 Å². The maximum Gasteiger partial charge on any atom is 0.0595 e. The molecule has 2 aliphatic rings. The van der Waals surface area contributed by atoms with Gasteiger partial charge in [-0.3, -0.25) is 9.80 Å². The third-order valence-electron chi connectivity index (χ3n) is 5.85. The summed E-state index contributed by atoms with van der Waals surface area (Å²) in [6.07, 6.45) is 9.36. The second kappa shape index (κ2) is 8.89. The van der Waals surface area contributed by atoms with E-state index in [4.69, 9.17) is 23.2 Å². The van der Waals surface area contributed by atoms with E-state index in [0.717, 1.165) is 31.6 Å². The van der Waals surface area contributed by atoms with E-state index in [1.165, 1.54) is 57.2 Å². The van der Waals surface area contributed by atoms with Crippen LogP contribution in [0, 0.1) is 0 Å². The molecule has 1 aliphatic carbocycles. The van der Waals surface area contributed by atoms with Gasteiger partial charge in [0.1, 0.15) is 0 Å². The van der Waals surface area contributed by atoms with Crippen LogP contribution in [0.5, 0.6) is 0 Å². The van der Waals surface area contributed by atoms with Gasteiger partial charge in [0.2, 0.25) is 0 Å². The lowest BCUT2D eigenvalue weighted by Gasteiger charge is -2.43. The van der Waals surface area contributed by atoms with Gasteiger partial charge in [0.05, 0.1) is 10.0 Å². The summed E-state index contributed by atoms with van der Waals surface area (Å²) in [5.41, 5.74) is 1.29. The monoisotopic (exact) mass is 368 g/mol. The van der Waals surface area contributed by atoms with Gasteiger partial charge in [-0.15, -0.1) is 0 Å². The summed E-state index contributed by atoms with van der Waals surface area (Å²) in [5, 5.41) is 1.32. The van der Waals surface area contributed by atoms with Crippen molar-refractivity contribution in [3.8, 4) is 0 Å². The molecule has 0 radical (unpaired) electrons. The predicted octanol–water partition coefficient (Wildman–Crippen LogP) is 5.26. The van der Waals surface area contributed by atoms with E-state index in [1.807, 2.05) is 12.1 Å². The summed E-state index contributed by atoms with van der Waals surface area (Å²) in [4.78, 5) is 5.48. The topological polar surface area (TPSA) is 6.48 Å². The van der Waals surface area contributed by atoms with Crippen molar-refractivity contribution in [3.05, 3.63) is 33.8 Å². The third-order valence-corrected chi connectivity index (χ3v) is 6.59. The van der Waals surface area contributed by atoms with Crippen molar-refractivity contribution in [2.45, 2.75) is 64.0 Å². The first-order valence-corrected chi connectivity index (χ1v) is 10.4. The van der Waals surface area contributed by atoms with Gasteiger partial charge in [0.15, 0.2) is 0 Å². The number of likely N-dealkylation sites (tertiary alicyclic amines) is 1. The predicted molar refractivity (Wildman–Crippen MR) is 104 cm³/mol. The molecule has 1 aliphatic heterocycles. The minimum atomic E-state index is 0.647. The molecular weight excluding hydrogens is 339 g/mol. The molecule has 1 unspecified atom stereocenters. The Bertz CT molecular complexity index is 528. The van der Waals surface area contributed by atoms with Crippen molar-refractivity contribution in [2.24, 2.45) is 0 Å². The highest BCUT2D eigenvalue weighted by Gasteiger charge is 2.34. The van der Waals surface area contributed by atoms with Gasteiger partial charge in [-0.05, 0) is 69.4 Å².